The van der Waals surface area contributed by atoms with Crippen LogP contribution in [0.2, 0.25) is 8.67 Å². The predicted octanol–water partition coefficient (Wildman–Crippen LogP) is 2.61. The van der Waals surface area contributed by atoms with E-state index in [0.29, 0.717) is 14.4 Å². The standard InChI is InChI=1S/C7H7Cl2N3S2/c1-3(11-12-7(10)13)4-2-5(8)14-6(4)9/h2H,1H3,(H3,10,12,13)/b11-3+. The van der Waals surface area contributed by atoms with E-state index in [1.165, 1.54) is 11.3 Å². The number of rotatable bonds is 2. The summed E-state index contributed by atoms with van der Waals surface area (Å²) in [5, 5.41) is 4.04. The van der Waals surface area contributed by atoms with Gasteiger partial charge in [0.2, 0.25) is 0 Å². The van der Waals surface area contributed by atoms with Gasteiger partial charge in [-0.3, -0.25) is 5.43 Å². The molecule has 0 unspecified atom stereocenters. The fourth-order valence-electron chi connectivity index (χ4n) is 0.786. The van der Waals surface area contributed by atoms with Gasteiger partial charge >= 0.3 is 0 Å². The van der Waals surface area contributed by atoms with E-state index in [0.717, 1.165) is 5.56 Å². The third-order valence-electron chi connectivity index (χ3n) is 1.38. The van der Waals surface area contributed by atoms with E-state index in [1.54, 1.807) is 13.0 Å². The number of hydrogen-bond acceptors (Lipinski definition) is 3. The summed E-state index contributed by atoms with van der Waals surface area (Å²) in [6.45, 7) is 1.79. The van der Waals surface area contributed by atoms with Crippen LogP contribution in [0.3, 0.4) is 0 Å². The van der Waals surface area contributed by atoms with Gasteiger partial charge < -0.3 is 5.73 Å². The van der Waals surface area contributed by atoms with Crippen molar-refractivity contribution in [2.75, 3.05) is 0 Å². The average Bonchev–Trinajstić information content (AvgIpc) is 2.41. The van der Waals surface area contributed by atoms with Crippen LogP contribution in [-0.4, -0.2) is 10.8 Å². The van der Waals surface area contributed by atoms with Crippen molar-refractivity contribution in [1.29, 1.82) is 0 Å². The molecular weight excluding hydrogens is 261 g/mol. The lowest BCUT2D eigenvalue weighted by molar-refractivity contribution is 1.03. The second-order valence-corrected chi connectivity index (χ2v) is 5.14. The minimum atomic E-state index is 0.113. The lowest BCUT2D eigenvalue weighted by Gasteiger charge is -1.99. The van der Waals surface area contributed by atoms with Crippen molar-refractivity contribution in [3.05, 3.63) is 20.3 Å². The van der Waals surface area contributed by atoms with Crippen LogP contribution in [0.25, 0.3) is 0 Å². The monoisotopic (exact) mass is 267 g/mol. The molecule has 0 amide bonds. The zero-order chi connectivity index (χ0) is 10.7. The molecule has 3 N–H and O–H groups in total. The van der Waals surface area contributed by atoms with Crippen LogP contribution in [0.5, 0.6) is 0 Å². The highest BCUT2D eigenvalue weighted by Crippen LogP contribution is 2.31. The van der Waals surface area contributed by atoms with Gasteiger partial charge in [0.25, 0.3) is 0 Å². The summed E-state index contributed by atoms with van der Waals surface area (Å²) in [6.07, 6.45) is 0. The van der Waals surface area contributed by atoms with Gasteiger partial charge in [0, 0.05) is 5.56 Å². The Hall–Kier alpha value is -0.360. The van der Waals surface area contributed by atoms with Gasteiger partial charge in [0.15, 0.2) is 5.11 Å². The first-order valence-electron chi connectivity index (χ1n) is 3.55. The number of nitrogens with one attached hydrogen (secondary N) is 1. The zero-order valence-corrected chi connectivity index (χ0v) is 10.3. The maximum absolute atomic E-state index is 5.92. The van der Waals surface area contributed by atoms with Gasteiger partial charge in [0.05, 0.1) is 10.0 Å². The van der Waals surface area contributed by atoms with Crippen molar-refractivity contribution in [2.24, 2.45) is 10.8 Å². The van der Waals surface area contributed by atoms with Gasteiger partial charge in [-0.05, 0) is 25.2 Å². The molecule has 0 aliphatic heterocycles. The maximum Gasteiger partial charge on any atom is 0.184 e. The average molecular weight is 268 g/mol. The van der Waals surface area contributed by atoms with Crippen LogP contribution < -0.4 is 11.2 Å². The quantitative estimate of drug-likeness (QED) is 0.492. The second-order valence-electron chi connectivity index (χ2n) is 2.41. The first-order chi connectivity index (χ1) is 6.50. The Labute approximate surface area is 101 Å². The molecule has 0 fully saturated rings. The summed E-state index contributed by atoms with van der Waals surface area (Å²) < 4.78 is 1.22. The smallest absolute Gasteiger partial charge is 0.184 e. The van der Waals surface area contributed by atoms with Crippen LogP contribution in [0.4, 0.5) is 0 Å². The largest absolute Gasteiger partial charge is 0.375 e. The first kappa shape index (κ1) is 11.7. The zero-order valence-electron chi connectivity index (χ0n) is 7.17. The van der Waals surface area contributed by atoms with Crippen molar-refractivity contribution >= 4 is 57.6 Å². The third kappa shape index (κ3) is 3.09. The molecule has 0 saturated carbocycles. The minimum Gasteiger partial charge on any atom is -0.375 e. The molecule has 0 aliphatic carbocycles. The van der Waals surface area contributed by atoms with Gasteiger partial charge in [-0.2, -0.15) is 5.10 Å². The van der Waals surface area contributed by atoms with Crippen LogP contribution in [0.1, 0.15) is 12.5 Å². The molecule has 0 saturated heterocycles. The van der Waals surface area contributed by atoms with E-state index >= 15 is 0 Å². The molecule has 76 valence electrons. The maximum atomic E-state index is 5.92. The number of thiophene rings is 1. The fourth-order valence-corrected chi connectivity index (χ4v) is 2.40. The van der Waals surface area contributed by atoms with Crippen LogP contribution in [-0.2, 0) is 0 Å². The van der Waals surface area contributed by atoms with Crippen molar-refractivity contribution in [2.45, 2.75) is 6.92 Å². The fraction of sp³-hybridized carbons (Fsp3) is 0.143. The highest BCUT2D eigenvalue weighted by Gasteiger charge is 2.08. The molecular formula is C7H7Cl2N3S2. The predicted molar refractivity (Wildman–Crippen MR) is 66.5 cm³/mol. The van der Waals surface area contributed by atoms with Gasteiger partial charge in [0.1, 0.15) is 4.34 Å². The topological polar surface area (TPSA) is 50.4 Å². The summed E-state index contributed by atoms with van der Waals surface area (Å²) in [5.74, 6) is 0. The van der Waals surface area contributed by atoms with Gasteiger partial charge in [-0.1, -0.05) is 23.2 Å². The SMILES string of the molecule is C/C(=N\NC(N)=S)c1cc(Cl)sc1Cl. The van der Waals surface area contributed by atoms with Gasteiger partial charge in [-0.25, -0.2) is 0 Å². The van der Waals surface area contributed by atoms with E-state index in [-0.39, 0.29) is 5.11 Å². The number of hydrazone groups is 1. The second kappa shape index (κ2) is 4.93. The van der Waals surface area contributed by atoms with Crippen molar-refractivity contribution in [3.8, 4) is 0 Å². The summed E-state index contributed by atoms with van der Waals surface area (Å²) in [6, 6.07) is 1.74. The molecule has 0 aromatic carbocycles. The van der Waals surface area contributed by atoms with Crippen LogP contribution in [0.15, 0.2) is 11.2 Å². The van der Waals surface area contributed by atoms with Crippen LogP contribution >= 0.6 is 46.8 Å². The Morgan fingerprint density at radius 1 is 1.64 bits per heavy atom. The summed E-state index contributed by atoms with van der Waals surface area (Å²) >= 11 is 17.6. The van der Waals surface area contributed by atoms with Crippen molar-refractivity contribution < 1.29 is 0 Å². The molecule has 0 radical (unpaired) electrons. The number of thiocarbonyl (C=S) groups is 1. The molecule has 0 spiro atoms. The normalized spacial score (nSPS) is 11.5. The Kier molecular flexibility index (Phi) is 4.12. The van der Waals surface area contributed by atoms with Crippen LogP contribution in [0, 0.1) is 0 Å². The highest BCUT2D eigenvalue weighted by molar-refractivity contribution is 7.80. The molecule has 1 aromatic rings. The third-order valence-corrected chi connectivity index (χ3v) is 2.96. The summed E-state index contributed by atoms with van der Waals surface area (Å²) in [4.78, 5) is 0. The molecule has 0 atom stereocenters. The molecule has 1 rings (SSSR count). The molecule has 1 heterocycles. The Morgan fingerprint density at radius 3 is 2.71 bits per heavy atom. The van der Waals surface area contributed by atoms with E-state index in [9.17, 15) is 0 Å². The molecule has 1 aromatic heterocycles. The lowest BCUT2D eigenvalue weighted by Crippen LogP contribution is -2.25. The Bertz CT molecular complexity index is 386. The summed E-state index contributed by atoms with van der Waals surface area (Å²) in [5.41, 5.74) is 9.17. The Balaban J connectivity index is 2.88. The number of hydrogen-bond donors (Lipinski definition) is 2. The molecule has 3 nitrogen and oxygen atoms in total. The summed E-state index contributed by atoms with van der Waals surface area (Å²) in [7, 11) is 0. The van der Waals surface area contributed by atoms with Gasteiger partial charge in [-0.15, -0.1) is 11.3 Å². The van der Waals surface area contributed by atoms with Crippen molar-refractivity contribution in [3.63, 3.8) is 0 Å². The first-order valence-corrected chi connectivity index (χ1v) is 5.53. The highest BCUT2D eigenvalue weighted by atomic mass is 35.5. The lowest BCUT2D eigenvalue weighted by atomic mass is 10.2. The molecule has 14 heavy (non-hydrogen) atoms. The number of nitrogens with two attached hydrogens (primary N) is 1. The molecule has 0 bridgehead atoms. The molecule has 0 aliphatic rings. The molecule has 7 heteroatoms. The van der Waals surface area contributed by atoms with E-state index in [4.69, 9.17) is 28.9 Å². The Morgan fingerprint density at radius 2 is 2.29 bits per heavy atom. The van der Waals surface area contributed by atoms with E-state index in [1.807, 2.05) is 0 Å². The van der Waals surface area contributed by atoms with E-state index < -0.39 is 0 Å². The van der Waals surface area contributed by atoms with E-state index in [2.05, 4.69) is 22.7 Å². The minimum absolute atomic E-state index is 0.113. The number of halogens is 2. The number of nitrogens with zero attached hydrogens (tertiary/aromatic N) is 1. The van der Waals surface area contributed by atoms with Crippen molar-refractivity contribution in [1.82, 2.24) is 5.43 Å².